The van der Waals surface area contributed by atoms with Crippen molar-refractivity contribution in [2.75, 3.05) is 39.3 Å². The van der Waals surface area contributed by atoms with Crippen LogP contribution in [-0.2, 0) is 17.9 Å². The fourth-order valence-electron chi connectivity index (χ4n) is 4.22. The molecule has 0 bridgehead atoms. The average Bonchev–Trinajstić information content (AvgIpc) is 3.05. The van der Waals surface area contributed by atoms with E-state index in [1.54, 1.807) is 6.92 Å². The number of hydrogen-bond acceptors (Lipinski definition) is 4. The first-order valence-corrected chi connectivity index (χ1v) is 9.30. The molecule has 2 fully saturated rings. The fraction of sp³-hybridized carbons (Fsp3) is 0.778. The van der Waals surface area contributed by atoms with E-state index in [1.807, 2.05) is 11.1 Å². The normalized spacial score (nSPS) is 26.7. The summed E-state index contributed by atoms with van der Waals surface area (Å²) in [5, 5.41) is 0. The number of hydrogen-bond donors (Lipinski definition) is 0. The second-order valence-corrected chi connectivity index (χ2v) is 7.26. The smallest absolute Gasteiger partial charge is 0.219 e. The molecule has 0 radical (unpaired) electrons. The average molecular weight is 333 g/mol. The molecule has 0 saturated carbocycles. The molecule has 2 saturated heterocycles. The van der Waals surface area contributed by atoms with Crippen molar-refractivity contribution in [1.82, 2.24) is 24.3 Å². The number of rotatable bonds is 4. The van der Waals surface area contributed by atoms with Crippen LogP contribution < -0.4 is 0 Å². The lowest BCUT2D eigenvalue weighted by Gasteiger charge is -2.30. The van der Waals surface area contributed by atoms with Gasteiger partial charge in [-0.05, 0) is 19.3 Å². The molecule has 1 aromatic rings. The monoisotopic (exact) mass is 333 g/mol. The number of nitrogens with zero attached hydrogens (tertiary/aromatic N) is 5. The Labute approximate surface area is 145 Å². The molecule has 2 aliphatic heterocycles. The van der Waals surface area contributed by atoms with Gasteiger partial charge in [0.05, 0.1) is 6.54 Å². The molecule has 1 amide bonds. The number of aromatic nitrogens is 2. The zero-order chi connectivity index (χ0) is 17.1. The van der Waals surface area contributed by atoms with Gasteiger partial charge in [-0.15, -0.1) is 0 Å². The Hall–Kier alpha value is -1.40. The SMILES string of the molecule is CCn1ccnc1CN1C[C@@H](C)[C@H](N2CCCN(C(C)=O)CC2)C1. The summed E-state index contributed by atoms with van der Waals surface area (Å²) in [5.41, 5.74) is 0. The van der Waals surface area contributed by atoms with Gasteiger partial charge in [-0.25, -0.2) is 4.98 Å². The summed E-state index contributed by atoms with van der Waals surface area (Å²) >= 11 is 0. The van der Waals surface area contributed by atoms with Gasteiger partial charge in [-0.3, -0.25) is 14.6 Å². The summed E-state index contributed by atoms with van der Waals surface area (Å²) in [6, 6.07) is 0.599. The van der Waals surface area contributed by atoms with Gasteiger partial charge in [0.25, 0.3) is 0 Å². The first-order valence-electron chi connectivity index (χ1n) is 9.30. The molecule has 2 aliphatic rings. The quantitative estimate of drug-likeness (QED) is 0.833. The maximum atomic E-state index is 11.6. The largest absolute Gasteiger partial charge is 0.342 e. The van der Waals surface area contributed by atoms with Gasteiger partial charge >= 0.3 is 0 Å². The van der Waals surface area contributed by atoms with Gasteiger partial charge in [0.2, 0.25) is 5.91 Å². The fourth-order valence-corrected chi connectivity index (χ4v) is 4.22. The summed E-state index contributed by atoms with van der Waals surface area (Å²) in [7, 11) is 0. The summed E-state index contributed by atoms with van der Waals surface area (Å²) in [6.45, 7) is 14.3. The maximum Gasteiger partial charge on any atom is 0.219 e. The predicted octanol–water partition coefficient (Wildman–Crippen LogP) is 1.28. The number of likely N-dealkylation sites (tertiary alicyclic amines) is 1. The molecule has 2 atom stereocenters. The molecule has 0 N–H and O–H groups in total. The van der Waals surface area contributed by atoms with E-state index in [-0.39, 0.29) is 5.91 Å². The molecular weight excluding hydrogens is 302 g/mol. The summed E-state index contributed by atoms with van der Waals surface area (Å²) in [6.07, 6.45) is 5.06. The lowest BCUT2D eigenvalue weighted by atomic mass is 10.0. The van der Waals surface area contributed by atoms with Crippen LogP contribution >= 0.6 is 0 Å². The van der Waals surface area contributed by atoms with Crippen LogP contribution in [0, 0.1) is 5.92 Å². The maximum absolute atomic E-state index is 11.6. The van der Waals surface area contributed by atoms with Gasteiger partial charge in [-0.2, -0.15) is 0 Å². The van der Waals surface area contributed by atoms with E-state index in [0.717, 1.165) is 58.8 Å². The first-order chi connectivity index (χ1) is 11.6. The van der Waals surface area contributed by atoms with Crippen LogP contribution in [0.2, 0.25) is 0 Å². The Morgan fingerprint density at radius 2 is 2.08 bits per heavy atom. The van der Waals surface area contributed by atoms with Crippen molar-refractivity contribution in [3.05, 3.63) is 18.2 Å². The van der Waals surface area contributed by atoms with Crippen molar-refractivity contribution < 1.29 is 4.79 Å². The lowest BCUT2D eigenvalue weighted by Crippen LogP contribution is -2.43. The van der Waals surface area contributed by atoms with Crippen LogP contribution in [0.3, 0.4) is 0 Å². The van der Waals surface area contributed by atoms with Crippen LogP contribution in [0.15, 0.2) is 12.4 Å². The second-order valence-electron chi connectivity index (χ2n) is 7.26. The Balaban J connectivity index is 1.58. The standard InChI is InChI=1S/C18H31N5O/c1-4-21-9-6-19-18(21)14-20-12-15(2)17(13-20)23-8-5-7-22(10-11-23)16(3)24/h6,9,15,17H,4-5,7-8,10-14H2,1-3H3/t15-,17-/m1/s1. The number of aryl methyl sites for hydroxylation is 1. The van der Waals surface area contributed by atoms with E-state index >= 15 is 0 Å². The predicted molar refractivity (Wildman–Crippen MR) is 94.6 cm³/mol. The molecule has 0 spiro atoms. The zero-order valence-corrected chi connectivity index (χ0v) is 15.3. The number of imidazole rings is 1. The number of amides is 1. The molecule has 6 nitrogen and oxygen atoms in total. The lowest BCUT2D eigenvalue weighted by molar-refractivity contribution is -0.128. The molecule has 3 heterocycles. The van der Waals surface area contributed by atoms with E-state index in [0.29, 0.717) is 12.0 Å². The summed E-state index contributed by atoms with van der Waals surface area (Å²) in [5.74, 6) is 2.05. The van der Waals surface area contributed by atoms with Gasteiger partial charge < -0.3 is 9.47 Å². The highest BCUT2D eigenvalue weighted by Crippen LogP contribution is 2.24. The highest BCUT2D eigenvalue weighted by Gasteiger charge is 2.35. The van der Waals surface area contributed by atoms with Crippen molar-refractivity contribution in [1.29, 1.82) is 0 Å². The molecule has 1 aromatic heterocycles. The van der Waals surface area contributed by atoms with Crippen molar-refractivity contribution in [2.45, 2.75) is 46.3 Å². The minimum atomic E-state index is 0.212. The van der Waals surface area contributed by atoms with E-state index in [4.69, 9.17) is 0 Å². The van der Waals surface area contributed by atoms with Gasteiger partial charge in [0, 0.05) is 71.2 Å². The summed E-state index contributed by atoms with van der Waals surface area (Å²) in [4.78, 5) is 23.3. The van der Waals surface area contributed by atoms with Crippen LogP contribution in [0.4, 0.5) is 0 Å². The van der Waals surface area contributed by atoms with E-state index in [9.17, 15) is 4.79 Å². The third-order valence-corrected chi connectivity index (χ3v) is 5.60. The van der Waals surface area contributed by atoms with Crippen molar-refractivity contribution >= 4 is 5.91 Å². The third-order valence-electron chi connectivity index (χ3n) is 5.60. The zero-order valence-electron chi connectivity index (χ0n) is 15.3. The van der Waals surface area contributed by atoms with Crippen molar-refractivity contribution in [3.63, 3.8) is 0 Å². The minimum Gasteiger partial charge on any atom is -0.342 e. The second kappa shape index (κ2) is 7.66. The highest BCUT2D eigenvalue weighted by molar-refractivity contribution is 5.73. The van der Waals surface area contributed by atoms with Gasteiger partial charge in [-0.1, -0.05) is 6.92 Å². The molecular formula is C18H31N5O. The Morgan fingerprint density at radius 3 is 2.83 bits per heavy atom. The van der Waals surface area contributed by atoms with Crippen LogP contribution in [0.5, 0.6) is 0 Å². The third kappa shape index (κ3) is 3.81. The molecule has 6 heteroatoms. The van der Waals surface area contributed by atoms with E-state index in [2.05, 4.69) is 39.4 Å². The highest BCUT2D eigenvalue weighted by atomic mass is 16.2. The van der Waals surface area contributed by atoms with Crippen molar-refractivity contribution in [2.24, 2.45) is 5.92 Å². The number of carbonyl (C=O) groups excluding carboxylic acids is 1. The Kier molecular flexibility index (Phi) is 5.56. The van der Waals surface area contributed by atoms with Crippen LogP contribution in [-0.4, -0.2) is 75.5 Å². The van der Waals surface area contributed by atoms with Crippen LogP contribution in [0.25, 0.3) is 0 Å². The molecule has 0 unspecified atom stereocenters. The Bertz CT molecular complexity index is 557. The number of carbonyl (C=O) groups is 1. The molecule has 134 valence electrons. The van der Waals surface area contributed by atoms with Gasteiger partial charge in [0.1, 0.15) is 5.82 Å². The first kappa shape index (κ1) is 17.4. The van der Waals surface area contributed by atoms with E-state index in [1.165, 1.54) is 5.82 Å². The summed E-state index contributed by atoms with van der Waals surface area (Å²) < 4.78 is 2.23. The van der Waals surface area contributed by atoms with Crippen molar-refractivity contribution in [3.8, 4) is 0 Å². The minimum absolute atomic E-state index is 0.212. The van der Waals surface area contributed by atoms with E-state index < -0.39 is 0 Å². The van der Waals surface area contributed by atoms with Crippen LogP contribution in [0.1, 0.15) is 33.0 Å². The van der Waals surface area contributed by atoms with Gasteiger partial charge in [0.15, 0.2) is 0 Å². The molecule has 0 aliphatic carbocycles. The molecule has 3 rings (SSSR count). The topological polar surface area (TPSA) is 44.6 Å². The Morgan fingerprint density at radius 1 is 1.25 bits per heavy atom. The molecule has 24 heavy (non-hydrogen) atoms. The molecule has 0 aromatic carbocycles.